The summed E-state index contributed by atoms with van der Waals surface area (Å²) in [6.07, 6.45) is 0. The van der Waals surface area contributed by atoms with Crippen LogP contribution >= 0.6 is 11.8 Å². The van der Waals surface area contributed by atoms with Crippen molar-refractivity contribution < 1.29 is 9.59 Å². The van der Waals surface area contributed by atoms with Crippen molar-refractivity contribution in [2.45, 2.75) is 19.2 Å². The van der Waals surface area contributed by atoms with Crippen LogP contribution in [0.2, 0.25) is 0 Å². The van der Waals surface area contributed by atoms with Crippen molar-refractivity contribution in [3.8, 4) is 0 Å². The predicted octanol–water partition coefficient (Wildman–Crippen LogP) is 3.98. The molecule has 22 heavy (non-hydrogen) atoms. The Morgan fingerprint density at radius 1 is 1.09 bits per heavy atom. The predicted molar refractivity (Wildman–Crippen MR) is 90.3 cm³/mol. The molecule has 1 amide bonds. The maximum absolute atomic E-state index is 12.3. The minimum atomic E-state index is -0.00345. The van der Waals surface area contributed by atoms with Gasteiger partial charge < -0.3 is 0 Å². The first-order valence-corrected chi connectivity index (χ1v) is 8.22. The number of benzene rings is 2. The largest absolute Gasteiger partial charge is 0.295 e. The number of carbonyl (C=O) groups is 2. The second-order valence-electron chi connectivity index (χ2n) is 5.44. The highest BCUT2D eigenvalue weighted by Crippen LogP contribution is 2.41. The highest BCUT2D eigenvalue weighted by atomic mass is 32.2. The van der Waals surface area contributed by atoms with E-state index < -0.39 is 0 Å². The Bertz CT molecular complexity index is 707. The van der Waals surface area contributed by atoms with Crippen molar-refractivity contribution >= 4 is 29.1 Å². The maximum atomic E-state index is 12.3. The Morgan fingerprint density at radius 3 is 2.32 bits per heavy atom. The molecule has 1 fully saturated rings. The van der Waals surface area contributed by atoms with Gasteiger partial charge in [0.05, 0.1) is 5.75 Å². The maximum Gasteiger partial charge on any atom is 0.238 e. The first-order chi connectivity index (χ1) is 10.6. The zero-order valence-electron chi connectivity index (χ0n) is 12.6. The number of carbonyl (C=O) groups excluding carboxylic acids is 2. The molecule has 0 aromatic heterocycles. The minimum absolute atomic E-state index is 0.00345. The second kappa shape index (κ2) is 5.97. The number of thioether (sulfide) groups is 1. The molecule has 3 nitrogen and oxygen atoms in total. The van der Waals surface area contributed by atoms with E-state index in [4.69, 9.17) is 0 Å². The van der Waals surface area contributed by atoms with Crippen LogP contribution in [0.25, 0.3) is 0 Å². The normalized spacial score (nSPS) is 17.8. The fraction of sp³-hybridized carbons (Fsp3) is 0.222. The summed E-state index contributed by atoms with van der Waals surface area (Å²) in [5.74, 6) is 0.613. The zero-order chi connectivity index (χ0) is 15.7. The number of aryl methyl sites for hydroxylation is 1. The molecule has 0 aliphatic carbocycles. The molecule has 0 radical (unpaired) electrons. The summed E-state index contributed by atoms with van der Waals surface area (Å²) in [7, 11) is 0. The van der Waals surface area contributed by atoms with Gasteiger partial charge in [0.2, 0.25) is 5.91 Å². The topological polar surface area (TPSA) is 37.4 Å². The van der Waals surface area contributed by atoms with Gasteiger partial charge in [-0.15, -0.1) is 11.8 Å². The van der Waals surface area contributed by atoms with Crippen LogP contribution in [0.15, 0.2) is 48.5 Å². The molecule has 0 saturated carbocycles. The van der Waals surface area contributed by atoms with E-state index >= 15 is 0 Å². The first kappa shape index (κ1) is 14.9. The third kappa shape index (κ3) is 2.79. The Labute approximate surface area is 134 Å². The summed E-state index contributed by atoms with van der Waals surface area (Å²) in [5.41, 5.74) is 3.83. The van der Waals surface area contributed by atoms with Crippen LogP contribution in [0, 0.1) is 6.92 Å². The summed E-state index contributed by atoms with van der Waals surface area (Å²) in [6, 6.07) is 15.5. The van der Waals surface area contributed by atoms with Gasteiger partial charge in [-0.1, -0.05) is 29.8 Å². The Kier molecular flexibility index (Phi) is 4.03. The second-order valence-corrected chi connectivity index (χ2v) is 6.51. The van der Waals surface area contributed by atoms with Crippen LogP contribution in [0.5, 0.6) is 0 Å². The molecule has 1 saturated heterocycles. The molecule has 0 N–H and O–H groups in total. The molecular formula is C18H17NO2S. The van der Waals surface area contributed by atoms with Gasteiger partial charge in [-0.05, 0) is 43.7 Å². The highest BCUT2D eigenvalue weighted by Gasteiger charge is 2.33. The van der Waals surface area contributed by atoms with Gasteiger partial charge in [-0.3, -0.25) is 14.5 Å². The fourth-order valence-corrected chi connectivity index (χ4v) is 3.72. The van der Waals surface area contributed by atoms with Crippen LogP contribution in [0.3, 0.4) is 0 Å². The fourth-order valence-electron chi connectivity index (χ4n) is 2.54. The standard InChI is InChI=1S/C18H17NO2S/c1-12-3-5-15(6-4-12)18-19(17(21)11-22-18)16-9-7-14(8-10-16)13(2)20/h3-10,18H,11H2,1-2H3. The minimum Gasteiger partial charge on any atom is -0.295 e. The van der Waals surface area contributed by atoms with E-state index in [0.29, 0.717) is 11.3 Å². The van der Waals surface area contributed by atoms with E-state index in [1.165, 1.54) is 5.56 Å². The number of hydrogen-bond acceptors (Lipinski definition) is 3. The summed E-state index contributed by atoms with van der Waals surface area (Å²) in [4.78, 5) is 25.5. The van der Waals surface area contributed by atoms with Gasteiger partial charge in [0.25, 0.3) is 0 Å². The van der Waals surface area contributed by atoms with E-state index in [2.05, 4.69) is 31.2 Å². The van der Waals surface area contributed by atoms with Crippen molar-refractivity contribution in [1.29, 1.82) is 0 Å². The monoisotopic (exact) mass is 311 g/mol. The average Bonchev–Trinajstić information content (AvgIpc) is 2.90. The molecule has 2 aromatic carbocycles. The molecule has 112 valence electrons. The molecule has 4 heteroatoms. The van der Waals surface area contributed by atoms with E-state index in [-0.39, 0.29) is 17.1 Å². The van der Waals surface area contributed by atoms with Crippen LogP contribution in [-0.2, 0) is 4.79 Å². The van der Waals surface area contributed by atoms with Gasteiger partial charge in [0, 0.05) is 11.3 Å². The number of hydrogen-bond donors (Lipinski definition) is 0. The van der Waals surface area contributed by atoms with Crippen molar-refractivity contribution in [1.82, 2.24) is 0 Å². The lowest BCUT2D eigenvalue weighted by atomic mass is 10.1. The van der Waals surface area contributed by atoms with Crippen LogP contribution < -0.4 is 4.90 Å². The summed E-state index contributed by atoms with van der Waals surface area (Å²) in [6.45, 7) is 3.59. The lowest BCUT2D eigenvalue weighted by molar-refractivity contribution is -0.115. The first-order valence-electron chi connectivity index (χ1n) is 7.17. The molecule has 1 heterocycles. The molecule has 3 rings (SSSR count). The van der Waals surface area contributed by atoms with Crippen LogP contribution in [0.4, 0.5) is 5.69 Å². The van der Waals surface area contributed by atoms with Gasteiger partial charge in [0.15, 0.2) is 5.78 Å². The summed E-state index contributed by atoms with van der Waals surface area (Å²) >= 11 is 1.63. The number of Topliss-reactive ketones (excluding diaryl/α,β-unsaturated/α-hetero) is 1. The third-order valence-corrected chi connectivity index (χ3v) is 4.99. The third-order valence-electron chi connectivity index (χ3n) is 3.78. The number of rotatable bonds is 3. The van der Waals surface area contributed by atoms with Crippen LogP contribution in [0.1, 0.15) is 33.8 Å². The molecular weight excluding hydrogens is 294 g/mol. The van der Waals surface area contributed by atoms with E-state index in [1.54, 1.807) is 30.8 Å². The number of amides is 1. The summed E-state index contributed by atoms with van der Waals surface area (Å²) < 4.78 is 0. The molecule has 2 aromatic rings. The Hall–Kier alpha value is -2.07. The lowest BCUT2D eigenvalue weighted by Crippen LogP contribution is -2.27. The molecule has 0 spiro atoms. The van der Waals surface area contributed by atoms with Crippen molar-refractivity contribution in [3.63, 3.8) is 0 Å². The van der Waals surface area contributed by atoms with Crippen molar-refractivity contribution in [2.75, 3.05) is 10.7 Å². The molecule has 1 aliphatic rings. The quantitative estimate of drug-likeness (QED) is 0.805. The molecule has 1 unspecified atom stereocenters. The Balaban J connectivity index is 1.93. The average molecular weight is 311 g/mol. The zero-order valence-corrected chi connectivity index (χ0v) is 13.4. The number of anilines is 1. The lowest BCUT2D eigenvalue weighted by Gasteiger charge is -2.24. The molecule has 1 atom stereocenters. The van der Waals surface area contributed by atoms with E-state index in [0.717, 1.165) is 11.3 Å². The van der Waals surface area contributed by atoms with Crippen LogP contribution in [-0.4, -0.2) is 17.4 Å². The van der Waals surface area contributed by atoms with Gasteiger partial charge in [-0.25, -0.2) is 0 Å². The number of nitrogens with zero attached hydrogens (tertiary/aromatic N) is 1. The van der Waals surface area contributed by atoms with E-state index in [1.807, 2.05) is 17.0 Å². The van der Waals surface area contributed by atoms with E-state index in [9.17, 15) is 9.59 Å². The summed E-state index contributed by atoms with van der Waals surface area (Å²) in [5, 5.41) is -0.00345. The van der Waals surface area contributed by atoms with Crippen molar-refractivity contribution in [3.05, 3.63) is 65.2 Å². The SMILES string of the molecule is CC(=O)c1ccc(N2C(=O)CSC2c2ccc(C)cc2)cc1. The van der Waals surface area contributed by atoms with Gasteiger partial charge >= 0.3 is 0 Å². The van der Waals surface area contributed by atoms with Gasteiger partial charge in [0.1, 0.15) is 5.37 Å². The molecule has 0 bridgehead atoms. The highest BCUT2D eigenvalue weighted by molar-refractivity contribution is 8.00. The van der Waals surface area contributed by atoms with Gasteiger partial charge in [-0.2, -0.15) is 0 Å². The van der Waals surface area contributed by atoms with Crippen molar-refractivity contribution in [2.24, 2.45) is 0 Å². The Morgan fingerprint density at radius 2 is 1.73 bits per heavy atom. The smallest absolute Gasteiger partial charge is 0.238 e. The molecule has 1 aliphatic heterocycles. The number of ketones is 1.